The minimum absolute atomic E-state index is 0.239. The quantitative estimate of drug-likeness (QED) is 0.786. The molecule has 0 radical (unpaired) electrons. The van der Waals surface area contributed by atoms with E-state index in [4.69, 9.17) is 4.74 Å². The summed E-state index contributed by atoms with van der Waals surface area (Å²) >= 11 is 0. The molecule has 0 bridgehead atoms. The standard InChI is InChI=1S/C15H28N2O3/c1-2-13(18)12-16-7-9-17(10-8-16)15(19)6-5-14-4-3-11-20-14/h13-14,18H,2-12H2,1H3/t13-,14-/m1/s1. The highest BCUT2D eigenvalue weighted by Crippen LogP contribution is 2.17. The van der Waals surface area contributed by atoms with Gasteiger partial charge in [-0.15, -0.1) is 0 Å². The largest absolute Gasteiger partial charge is 0.392 e. The number of nitrogens with zero attached hydrogens (tertiary/aromatic N) is 2. The molecule has 0 spiro atoms. The van der Waals surface area contributed by atoms with Crippen molar-refractivity contribution in [1.82, 2.24) is 9.80 Å². The van der Waals surface area contributed by atoms with Crippen molar-refractivity contribution >= 4 is 5.91 Å². The number of ether oxygens (including phenoxy) is 1. The second kappa shape index (κ2) is 7.96. The predicted octanol–water partition coefficient (Wildman–Crippen LogP) is 0.861. The van der Waals surface area contributed by atoms with Gasteiger partial charge in [-0.25, -0.2) is 0 Å². The Kier molecular flexibility index (Phi) is 6.26. The van der Waals surface area contributed by atoms with Gasteiger partial charge in [0.15, 0.2) is 0 Å². The molecule has 20 heavy (non-hydrogen) atoms. The molecule has 0 aromatic heterocycles. The zero-order valence-electron chi connectivity index (χ0n) is 12.6. The van der Waals surface area contributed by atoms with Crippen LogP contribution < -0.4 is 0 Å². The topological polar surface area (TPSA) is 53.0 Å². The summed E-state index contributed by atoms with van der Waals surface area (Å²) in [5.74, 6) is 0.260. The zero-order chi connectivity index (χ0) is 14.4. The van der Waals surface area contributed by atoms with Crippen LogP contribution >= 0.6 is 0 Å². The normalized spacial score (nSPS) is 25.9. The fraction of sp³-hybridized carbons (Fsp3) is 0.933. The molecular formula is C15H28N2O3. The van der Waals surface area contributed by atoms with E-state index in [1.165, 1.54) is 0 Å². The van der Waals surface area contributed by atoms with E-state index in [9.17, 15) is 9.90 Å². The maximum absolute atomic E-state index is 12.1. The summed E-state index contributed by atoms with van der Waals surface area (Å²) in [7, 11) is 0. The molecule has 2 fully saturated rings. The average molecular weight is 284 g/mol. The Morgan fingerprint density at radius 3 is 2.70 bits per heavy atom. The van der Waals surface area contributed by atoms with Gasteiger partial charge in [0.2, 0.25) is 5.91 Å². The lowest BCUT2D eigenvalue weighted by atomic mass is 10.1. The van der Waals surface area contributed by atoms with Gasteiger partial charge in [-0.1, -0.05) is 6.92 Å². The molecule has 0 aliphatic carbocycles. The van der Waals surface area contributed by atoms with Crippen molar-refractivity contribution in [2.75, 3.05) is 39.3 Å². The number of hydrogen-bond donors (Lipinski definition) is 1. The molecule has 2 aliphatic rings. The van der Waals surface area contributed by atoms with E-state index in [0.29, 0.717) is 12.5 Å². The molecule has 0 aromatic carbocycles. The lowest BCUT2D eigenvalue weighted by molar-refractivity contribution is -0.133. The van der Waals surface area contributed by atoms with E-state index < -0.39 is 0 Å². The second-order valence-corrected chi connectivity index (χ2v) is 5.92. The fourth-order valence-corrected chi connectivity index (χ4v) is 2.92. The molecule has 2 saturated heterocycles. The Balaban J connectivity index is 1.63. The molecule has 2 heterocycles. The van der Waals surface area contributed by atoms with Crippen LogP contribution in [-0.2, 0) is 9.53 Å². The highest BCUT2D eigenvalue weighted by molar-refractivity contribution is 5.76. The molecule has 2 rings (SSSR count). The number of aliphatic hydroxyl groups is 1. The number of amides is 1. The molecular weight excluding hydrogens is 256 g/mol. The van der Waals surface area contributed by atoms with Gasteiger partial charge in [0, 0.05) is 45.8 Å². The molecule has 5 heteroatoms. The number of β-amino-alcohol motifs (C(OH)–C–C–N with tert-alkyl or cyclic N) is 1. The monoisotopic (exact) mass is 284 g/mol. The smallest absolute Gasteiger partial charge is 0.222 e. The van der Waals surface area contributed by atoms with Gasteiger partial charge in [-0.05, 0) is 25.7 Å². The van der Waals surface area contributed by atoms with E-state index >= 15 is 0 Å². The van der Waals surface area contributed by atoms with Crippen LogP contribution in [0.5, 0.6) is 0 Å². The molecule has 5 nitrogen and oxygen atoms in total. The molecule has 2 atom stereocenters. The van der Waals surface area contributed by atoms with Crippen LogP contribution in [-0.4, -0.2) is 72.4 Å². The van der Waals surface area contributed by atoms with Gasteiger partial charge in [0.25, 0.3) is 0 Å². The molecule has 2 aliphatic heterocycles. The molecule has 0 unspecified atom stereocenters. The maximum atomic E-state index is 12.1. The lowest BCUT2D eigenvalue weighted by Crippen LogP contribution is -2.50. The van der Waals surface area contributed by atoms with E-state index in [1.807, 2.05) is 11.8 Å². The number of aliphatic hydroxyl groups excluding tert-OH is 1. The van der Waals surface area contributed by atoms with Crippen molar-refractivity contribution in [2.45, 2.75) is 51.2 Å². The van der Waals surface area contributed by atoms with Crippen LogP contribution in [0.4, 0.5) is 0 Å². The van der Waals surface area contributed by atoms with Gasteiger partial charge in [0.1, 0.15) is 0 Å². The first kappa shape index (κ1) is 15.7. The Hall–Kier alpha value is -0.650. The fourth-order valence-electron chi connectivity index (χ4n) is 2.92. The molecule has 116 valence electrons. The molecule has 0 aromatic rings. The van der Waals surface area contributed by atoms with Crippen LogP contribution in [0.2, 0.25) is 0 Å². The summed E-state index contributed by atoms with van der Waals surface area (Å²) in [6, 6.07) is 0. The van der Waals surface area contributed by atoms with Gasteiger partial charge in [0.05, 0.1) is 12.2 Å². The van der Waals surface area contributed by atoms with Gasteiger partial charge >= 0.3 is 0 Å². The highest BCUT2D eigenvalue weighted by Gasteiger charge is 2.23. The maximum Gasteiger partial charge on any atom is 0.222 e. The second-order valence-electron chi connectivity index (χ2n) is 5.92. The number of piperazine rings is 1. The first-order chi connectivity index (χ1) is 9.69. The van der Waals surface area contributed by atoms with Crippen molar-refractivity contribution < 1.29 is 14.6 Å². The van der Waals surface area contributed by atoms with Crippen LogP contribution in [0, 0.1) is 0 Å². The van der Waals surface area contributed by atoms with Crippen molar-refractivity contribution in [1.29, 1.82) is 0 Å². The molecule has 0 saturated carbocycles. The van der Waals surface area contributed by atoms with Crippen LogP contribution in [0.3, 0.4) is 0 Å². The Morgan fingerprint density at radius 1 is 1.35 bits per heavy atom. The van der Waals surface area contributed by atoms with E-state index in [1.54, 1.807) is 0 Å². The van der Waals surface area contributed by atoms with Crippen molar-refractivity contribution in [3.8, 4) is 0 Å². The summed E-state index contributed by atoms with van der Waals surface area (Å²) in [6.07, 6.45) is 4.58. The minimum Gasteiger partial charge on any atom is -0.392 e. The zero-order valence-corrected chi connectivity index (χ0v) is 12.6. The summed E-state index contributed by atoms with van der Waals surface area (Å²) < 4.78 is 5.56. The third-order valence-electron chi connectivity index (χ3n) is 4.37. The molecule has 1 amide bonds. The summed E-state index contributed by atoms with van der Waals surface area (Å²) in [6.45, 7) is 6.92. The van der Waals surface area contributed by atoms with Gasteiger partial charge < -0.3 is 14.7 Å². The first-order valence-electron chi connectivity index (χ1n) is 7.99. The van der Waals surface area contributed by atoms with Crippen molar-refractivity contribution in [3.05, 3.63) is 0 Å². The number of carbonyl (C=O) groups excluding carboxylic acids is 1. The van der Waals surface area contributed by atoms with E-state index in [0.717, 1.165) is 65.0 Å². The Labute approximate surface area is 121 Å². The molecule has 1 N–H and O–H groups in total. The first-order valence-corrected chi connectivity index (χ1v) is 7.99. The summed E-state index contributed by atoms with van der Waals surface area (Å²) in [5.41, 5.74) is 0. The summed E-state index contributed by atoms with van der Waals surface area (Å²) in [5, 5.41) is 9.65. The SMILES string of the molecule is CC[C@@H](O)CN1CCN(C(=O)CC[C@H]2CCCO2)CC1. The van der Waals surface area contributed by atoms with E-state index in [2.05, 4.69) is 4.90 Å². The Morgan fingerprint density at radius 2 is 2.10 bits per heavy atom. The highest BCUT2D eigenvalue weighted by atomic mass is 16.5. The van der Waals surface area contributed by atoms with Crippen LogP contribution in [0.1, 0.15) is 39.0 Å². The van der Waals surface area contributed by atoms with Gasteiger partial charge in [-0.2, -0.15) is 0 Å². The lowest BCUT2D eigenvalue weighted by Gasteiger charge is -2.35. The van der Waals surface area contributed by atoms with Crippen LogP contribution in [0.15, 0.2) is 0 Å². The van der Waals surface area contributed by atoms with Crippen molar-refractivity contribution in [2.24, 2.45) is 0 Å². The predicted molar refractivity (Wildman–Crippen MR) is 77.5 cm³/mol. The number of carbonyl (C=O) groups is 1. The number of rotatable bonds is 6. The minimum atomic E-state index is -0.239. The third kappa shape index (κ3) is 4.72. The van der Waals surface area contributed by atoms with Gasteiger partial charge in [-0.3, -0.25) is 9.69 Å². The third-order valence-corrected chi connectivity index (χ3v) is 4.37. The number of hydrogen-bond acceptors (Lipinski definition) is 4. The van der Waals surface area contributed by atoms with E-state index in [-0.39, 0.29) is 12.0 Å². The average Bonchev–Trinajstić information content (AvgIpc) is 2.98. The summed E-state index contributed by atoms with van der Waals surface area (Å²) in [4.78, 5) is 16.4. The van der Waals surface area contributed by atoms with Crippen molar-refractivity contribution in [3.63, 3.8) is 0 Å². The Bertz CT molecular complexity index is 297. The van der Waals surface area contributed by atoms with Crippen LogP contribution in [0.25, 0.3) is 0 Å².